The highest BCUT2D eigenvalue weighted by Gasteiger charge is 2.10. The van der Waals surface area contributed by atoms with E-state index in [1.54, 1.807) is 0 Å². The van der Waals surface area contributed by atoms with Crippen molar-refractivity contribution in [3.8, 4) is 0 Å². The maximum atomic E-state index is 2.37. The zero-order chi connectivity index (χ0) is 18.3. The van der Waals surface area contributed by atoms with Gasteiger partial charge in [0.1, 0.15) is 0 Å². The molecule has 6 aromatic rings. The predicted molar refractivity (Wildman–Crippen MR) is 117 cm³/mol. The monoisotopic (exact) mass is 348 g/mol. The van der Waals surface area contributed by atoms with Crippen molar-refractivity contribution >= 4 is 54.1 Å². The summed E-state index contributed by atoms with van der Waals surface area (Å²) in [5, 5.41) is 10.6. The summed E-state index contributed by atoms with van der Waals surface area (Å²) in [6.07, 6.45) is 4.35. The molecular formula is C25H20N2. The number of aryl methyl sites for hydroxylation is 3. The van der Waals surface area contributed by atoms with Crippen molar-refractivity contribution in [2.45, 2.75) is 6.92 Å². The Morgan fingerprint density at radius 2 is 1.22 bits per heavy atom. The number of rotatable bonds is 0. The Morgan fingerprint density at radius 1 is 0.556 bits per heavy atom. The fraction of sp³-hybridized carbons (Fsp3) is 0.120. The maximum Gasteiger partial charge on any atom is 0.0486 e. The molecule has 0 saturated carbocycles. The average molecular weight is 348 g/mol. The Balaban J connectivity index is 1.79. The van der Waals surface area contributed by atoms with Gasteiger partial charge in [0.2, 0.25) is 0 Å². The van der Waals surface area contributed by atoms with Crippen molar-refractivity contribution in [3.63, 3.8) is 0 Å². The molecule has 2 aromatic heterocycles. The highest BCUT2D eigenvalue weighted by atomic mass is 14.9. The molecule has 0 bridgehead atoms. The minimum Gasteiger partial charge on any atom is -0.351 e. The van der Waals surface area contributed by atoms with Crippen LogP contribution in [0.15, 0.2) is 67.0 Å². The molecule has 130 valence electrons. The summed E-state index contributed by atoms with van der Waals surface area (Å²) in [6, 6.07) is 20.7. The lowest BCUT2D eigenvalue weighted by Crippen LogP contribution is -1.86. The van der Waals surface area contributed by atoms with Gasteiger partial charge in [0, 0.05) is 48.3 Å². The van der Waals surface area contributed by atoms with Crippen LogP contribution in [0.25, 0.3) is 54.1 Å². The normalized spacial score (nSPS) is 12.3. The maximum absolute atomic E-state index is 2.37. The lowest BCUT2D eigenvalue weighted by molar-refractivity contribution is 0.965. The van der Waals surface area contributed by atoms with Gasteiger partial charge in [0.15, 0.2) is 0 Å². The van der Waals surface area contributed by atoms with Crippen LogP contribution in [-0.4, -0.2) is 9.13 Å². The Bertz CT molecular complexity index is 1540. The molecule has 0 N–H and O–H groups in total. The number of benzene rings is 4. The molecule has 0 aliphatic rings. The molecule has 0 fully saturated rings. The minimum absolute atomic E-state index is 1.28. The van der Waals surface area contributed by atoms with Gasteiger partial charge in [-0.25, -0.2) is 0 Å². The molecule has 2 nitrogen and oxygen atoms in total. The predicted octanol–water partition coefficient (Wildman–Crippen LogP) is 6.44. The summed E-state index contributed by atoms with van der Waals surface area (Å²) in [5.41, 5.74) is 3.91. The molecule has 0 radical (unpaired) electrons. The smallest absolute Gasteiger partial charge is 0.0486 e. The fourth-order valence-electron chi connectivity index (χ4n) is 4.71. The van der Waals surface area contributed by atoms with Crippen molar-refractivity contribution < 1.29 is 0 Å². The summed E-state index contributed by atoms with van der Waals surface area (Å²) < 4.78 is 4.41. The quantitative estimate of drug-likeness (QED) is 0.280. The first-order chi connectivity index (χ1) is 13.1. The standard InChI is InChI=1S/C25H20N2/c1-15-14-27(3)25-12-17-5-6-19-20(23(17)13-21(15)25)7-4-16-11-24-18(10-22(16)19)8-9-26(24)2/h4-14H,1-3H3. The molecule has 0 spiro atoms. The van der Waals surface area contributed by atoms with E-state index in [4.69, 9.17) is 0 Å². The van der Waals surface area contributed by atoms with E-state index >= 15 is 0 Å². The number of hydrogen-bond donors (Lipinski definition) is 0. The second-order valence-electron chi connectivity index (χ2n) is 7.80. The number of fused-ring (bicyclic) bond motifs is 7. The second kappa shape index (κ2) is 4.92. The molecule has 0 saturated heterocycles. The van der Waals surface area contributed by atoms with Crippen LogP contribution < -0.4 is 0 Å². The van der Waals surface area contributed by atoms with Crippen LogP contribution in [0.3, 0.4) is 0 Å². The van der Waals surface area contributed by atoms with Crippen LogP contribution in [0.5, 0.6) is 0 Å². The molecule has 27 heavy (non-hydrogen) atoms. The van der Waals surface area contributed by atoms with Crippen molar-refractivity contribution in [3.05, 3.63) is 72.6 Å². The topological polar surface area (TPSA) is 9.86 Å². The van der Waals surface area contributed by atoms with Crippen LogP contribution in [0, 0.1) is 6.92 Å². The van der Waals surface area contributed by atoms with Gasteiger partial charge >= 0.3 is 0 Å². The Morgan fingerprint density at radius 3 is 1.96 bits per heavy atom. The van der Waals surface area contributed by atoms with Gasteiger partial charge < -0.3 is 9.13 Å². The van der Waals surface area contributed by atoms with E-state index in [1.165, 1.54) is 59.7 Å². The van der Waals surface area contributed by atoms with E-state index in [0.29, 0.717) is 0 Å². The molecule has 4 aromatic carbocycles. The largest absolute Gasteiger partial charge is 0.351 e. The Hall–Kier alpha value is -3.26. The molecule has 0 unspecified atom stereocenters. The van der Waals surface area contributed by atoms with Crippen LogP contribution in [0.2, 0.25) is 0 Å². The molecule has 0 aliphatic carbocycles. The van der Waals surface area contributed by atoms with Crippen LogP contribution >= 0.6 is 0 Å². The van der Waals surface area contributed by atoms with Gasteiger partial charge in [0.25, 0.3) is 0 Å². The highest BCUT2D eigenvalue weighted by molar-refractivity contribution is 6.20. The lowest BCUT2D eigenvalue weighted by Gasteiger charge is -2.10. The first-order valence-electron chi connectivity index (χ1n) is 9.40. The average Bonchev–Trinajstić information content (AvgIpc) is 3.17. The third-order valence-corrected chi connectivity index (χ3v) is 6.15. The van der Waals surface area contributed by atoms with Crippen LogP contribution in [0.1, 0.15) is 5.56 Å². The van der Waals surface area contributed by atoms with Crippen molar-refractivity contribution in [2.24, 2.45) is 14.1 Å². The third-order valence-electron chi connectivity index (χ3n) is 6.15. The first kappa shape index (κ1) is 14.9. The zero-order valence-electron chi connectivity index (χ0n) is 15.7. The van der Waals surface area contributed by atoms with Gasteiger partial charge in [-0.1, -0.05) is 24.3 Å². The van der Waals surface area contributed by atoms with Crippen LogP contribution in [-0.2, 0) is 14.1 Å². The molecule has 6 rings (SSSR count). The summed E-state index contributed by atoms with van der Waals surface area (Å²) in [7, 11) is 4.23. The third kappa shape index (κ3) is 1.90. The van der Waals surface area contributed by atoms with Crippen molar-refractivity contribution in [1.29, 1.82) is 0 Å². The van der Waals surface area contributed by atoms with Gasteiger partial charge in [0.05, 0.1) is 0 Å². The van der Waals surface area contributed by atoms with E-state index in [9.17, 15) is 0 Å². The number of aromatic nitrogens is 2. The van der Waals surface area contributed by atoms with Gasteiger partial charge in [-0.15, -0.1) is 0 Å². The fourth-order valence-corrected chi connectivity index (χ4v) is 4.71. The van der Waals surface area contributed by atoms with Crippen LogP contribution in [0.4, 0.5) is 0 Å². The molecule has 2 heterocycles. The SMILES string of the molecule is Cc1cn(C)c2cc3ccc4c5cc6ccn(C)c6cc5ccc4c3cc12. The Labute approximate surface area is 157 Å². The first-order valence-corrected chi connectivity index (χ1v) is 9.40. The summed E-state index contributed by atoms with van der Waals surface area (Å²) in [5.74, 6) is 0. The highest BCUT2D eigenvalue weighted by Crippen LogP contribution is 2.36. The molecule has 0 aliphatic heterocycles. The summed E-state index contributed by atoms with van der Waals surface area (Å²) >= 11 is 0. The minimum atomic E-state index is 1.28. The van der Waals surface area contributed by atoms with Gasteiger partial charge in [-0.3, -0.25) is 0 Å². The van der Waals surface area contributed by atoms with E-state index in [2.05, 4.69) is 97.1 Å². The summed E-state index contributed by atoms with van der Waals surface area (Å²) in [6.45, 7) is 2.20. The Kier molecular flexibility index (Phi) is 2.71. The van der Waals surface area contributed by atoms with Gasteiger partial charge in [-0.2, -0.15) is 0 Å². The molecule has 0 atom stereocenters. The van der Waals surface area contributed by atoms with E-state index in [-0.39, 0.29) is 0 Å². The van der Waals surface area contributed by atoms with E-state index in [0.717, 1.165) is 0 Å². The molecular weight excluding hydrogens is 328 g/mol. The van der Waals surface area contributed by atoms with Crippen molar-refractivity contribution in [1.82, 2.24) is 9.13 Å². The zero-order valence-corrected chi connectivity index (χ0v) is 15.7. The number of hydrogen-bond acceptors (Lipinski definition) is 0. The summed E-state index contributed by atoms with van der Waals surface area (Å²) in [4.78, 5) is 0. The molecule has 0 amide bonds. The van der Waals surface area contributed by atoms with E-state index < -0.39 is 0 Å². The molecule has 2 heteroatoms. The van der Waals surface area contributed by atoms with Crippen molar-refractivity contribution in [2.75, 3.05) is 0 Å². The number of nitrogens with zero attached hydrogens (tertiary/aromatic N) is 2. The van der Waals surface area contributed by atoms with Gasteiger partial charge in [-0.05, 0) is 75.1 Å². The lowest BCUT2D eigenvalue weighted by atomic mass is 9.95. The van der Waals surface area contributed by atoms with E-state index in [1.807, 2.05) is 0 Å². The second-order valence-corrected chi connectivity index (χ2v) is 7.80.